The van der Waals surface area contributed by atoms with Gasteiger partial charge in [-0.1, -0.05) is 0 Å². The number of furan rings is 1. The van der Waals surface area contributed by atoms with Crippen LogP contribution in [0.1, 0.15) is 24.2 Å². The quantitative estimate of drug-likeness (QED) is 0.251. The molecule has 3 aliphatic heterocycles. The second-order valence-electron chi connectivity index (χ2n) is 8.99. The van der Waals surface area contributed by atoms with Gasteiger partial charge in [-0.2, -0.15) is 0 Å². The topological polar surface area (TPSA) is 153 Å². The number of benzene rings is 1. The van der Waals surface area contributed by atoms with Gasteiger partial charge in [-0.25, -0.2) is 9.78 Å². The molecule has 0 bridgehead atoms. The Balaban J connectivity index is 1.19. The summed E-state index contributed by atoms with van der Waals surface area (Å²) in [7, 11) is 0. The van der Waals surface area contributed by atoms with Crippen molar-refractivity contribution in [3.63, 3.8) is 0 Å². The molecule has 6 heterocycles. The maximum Gasteiger partial charge on any atom is 0.586 e. The number of rotatable bonds is 5. The molecule has 0 saturated carbocycles. The third-order valence-electron chi connectivity index (χ3n) is 6.48. The Morgan fingerprint density at radius 3 is 2.88 bits per heavy atom. The van der Waals surface area contributed by atoms with Crippen LogP contribution in [-0.4, -0.2) is 52.9 Å². The predicted molar refractivity (Wildman–Crippen MR) is 134 cm³/mol. The Bertz CT molecular complexity index is 1680. The van der Waals surface area contributed by atoms with Crippen LogP contribution in [0.2, 0.25) is 0 Å². The number of alkyl halides is 2. The summed E-state index contributed by atoms with van der Waals surface area (Å²) in [5.74, 6) is -0.202. The first-order chi connectivity index (χ1) is 19.3. The minimum Gasteiger partial charge on any atom is -0.453 e. The van der Waals surface area contributed by atoms with Gasteiger partial charge >= 0.3 is 12.5 Å². The van der Waals surface area contributed by atoms with Crippen LogP contribution in [0.5, 0.6) is 17.4 Å². The summed E-state index contributed by atoms with van der Waals surface area (Å²) < 4.78 is 52.2. The minimum absolute atomic E-state index is 0.0896. The number of imidazole rings is 1. The van der Waals surface area contributed by atoms with E-state index in [4.69, 9.17) is 13.9 Å². The highest BCUT2D eigenvalue weighted by Gasteiger charge is 2.44. The van der Waals surface area contributed by atoms with Crippen molar-refractivity contribution in [3.8, 4) is 17.4 Å². The van der Waals surface area contributed by atoms with Crippen molar-refractivity contribution >= 4 is 40.4 Å². The molecule has 0 aliphatic carbocycles. The molecule has 1 unspecified atom stereocenters. The van der Waals surface area contributed by atoms with E-state index < -0.39 is 18.4 Å². The summed E-state index contributed by atoms with van der Waals surface area (Å²) in [4.78, 5) is 35.4. The molecule has 1 atom stereocenters. The Kier molecular flexibility index (Phi) is 5.54. The van der Waals surface area contributed by atoms with Crippen molar-refractivity contribution in [2.24, 2.45) is 0 Å². The number of fused-ring (bicyclic) bond motifs is 3. The lowest BCUT2D eigenvalue weighted by atomic mass is 9.82. The largest absolute Gasteiger partial charge is 0.586 e. The molecule has 0 spiro atoms. The normalized spacial score (nSPS) is 18.9. The van der Waals surface area contributed by atoms with Crippen LogP contribution in [0.25, 0.3) is 11.0 Å². The first-order valence-electron chi connectivity index (χ1n) is 12.1. The van der Waals surface area contributed by atoms with E-state index in [2.05, 4.69) is 35.1 Å². The van der Waals surface area contributed by atoms with Gasteiger partial charge < -0.3 is 44.0 Å². The third kappa shape index (κ3) is 4.14. The van der Waals surface area contributed by atoms with Gasteiger partial charge in [0.15, 0.2) is 27.5 Å². The van der Waals surface area contributed by atoms with E-state index in [0.29, 0.717) is 56.1 Å². The van der Waals surface area contributed by atoms with Crippen molar-refractivity contribution in [1.29, 1.82) is 0 Å². The Morgan fingerprint density at radius 1 is 1.23 bits per heavy atom. The zero-order valence-corrected chi connectivity index (χ0v) is 21.4. The highest BCUT2D eigenvalue weighted by Crippen LogP contribution is 2.48. The molecule has 0 fully saturated rings. The van der Waals surface area contributed by atoms with Gasteiger partial charge in [0.25, 0.3) is 0 Å². The molecule has 12 nitrogen and oxygen atoms in total. The molecular formula is C25H19F2N5O7S. The molecule has 3 aliphatic rings. The second-order valence-corrected chi connectivity index (χ2v) is 9.99. The van der Waals surface area contributed by atoms with E-state index in [9.17, 15) is 18.4 Å². The fourth-order valence-electron chi connectivity index (χ4n) is 4.91. The number of nitrogens with zero attached hydrogens (tertiary/aromatic N) is 1. The molecule has 206 valence electrons. The number of nitrogens with one attached hydrogen (secondary N) is 4. The van der Waals surface area contributed by atoms with Crippen LogP contribution in [0.3, 0.4) is 0 Å². The number of ketones is 1. The third-order valence-corrected chi connectivity index (χ3v) is 7.28. The first-order valence-corrected chi connectivity index (χ1v) is 13.0. The van der Waals surface area contributed by atoms with Crippen molar-refractivity contribution in [2.75, 3.05) is 25.0 Å². The first kappa shape index (κ1) is 24.5. The molecule has 0 amide bonds. The number of hydrogen-bond donors (Lipinski definition) is 4. The molecule has 0 radical (unpaired) electrons. The van der Waals surface area contributed by atoms with Crippen LogP contribution in [0.4, 0.5) is 19.3 Å². The summed E-state index contributed by atoms with van der Waals surface area (Å²) in [5.41, 5.74) is 3.25. The lowest BCUT2D eigenvalue weighted by Crippen LogP contribution is -2.39. The molecule has 4 N–H and O–H groups in total. The highest BCUT2D eigenvalue weighted by atomic mass is 32.2. The molecule has 15 heteroatoms. The SMILES string of the molecule is CCOC(=O)Oc1[nH]cc2c1NC1=C(C(=O)CNC1)C2c1ccc(Sc2nc3cc4c(cc3[nH]2)OC(F)(F)O4)o1. The number of aromatic nitrogens is 3. The maximum absolute atomic E-state index is 13.4. The summed E-state index contributed by atoms with van der Waals surface area (Å²) in [6.45, 7) is 2.41. The summed E-state index contributed by atoms with van der Waals surface area (Å²) in [6, 6.07) is 6.28. The van der Waals surface area contributed by atoms with Crippen LogP contribution in [0, 0.1) is 0 Å². The van der Waals surface area contributed by atoms with Gasteiger partial charge in [0, 0.05) is 41.7 Å². The lowest BCUT2D eigenvalue weighted by molar-refractivity contribution is -0.286. The average molecular weight is 572 g/mol. The predicted octanol–water partition coefficient (Wildman–Crippen LogP) is 4.48. The Labute approximate surface area is 227 Å². The van der Waals surface area contributed by atoms with Gasteiger partial charge in [-0.05, 0) is 30.8 Å². The van der Waals surface area contributed by atoms with Crippen molar-refractivity contribution in [3.05, 3.63) is 53.1 Å². The van der Waals surface area contributed by atoms with Gasteiger partial charge in [0.1, 0.15) is 11.4 Å². The molecule has 40 heavy (non-hydrogen) atoms. The van der Waals surface area contributed by atoms with E-state index >= 15 is 0 Å². The number of Topliss-reactive ketones (excluding diaryl/α,β-unsaturated/α-hetero) is 1. The number of aromatic amines is 2. The lowest BCUT2D eigenvalue weighted by Gasteiger charge is -2.31. The summed E-state index contributed by atoms with van der Waals surface area (Å²) in [6.07, 6.45) is -2.92. The monoisotopic (exact) mass is 571 g/mol. The summed E-state index contributed by atoms with van der Waals surface area (Å²) >= 11 is 1.18. The summed E-state index contributed by atoms with van der Waals surface area (Å²) in [5, 5.41) is 7.20. The van der Waals surface area contributed by atoms with Gasteiger partial charge in [0.2, 0.25) is 5.88 Å². The van der Waals surface area contributed by atoms with Crippen LogP contribution in [-0.2, 0) is 9.53 Å². The van der Waals surface area contributed by atoms with E-state index in [1.807, 2.05) is 0 Å². The van der Waals surface area contributed by atoms with Crippen LogP contribution >= 0.6 is 11.8 Å². The van der Waals surface area contributed by atoms with E-state index in [0.717, 1.165) is 0 Å². The maximum atomic E-state index is 13.4. The Hall–Kier alpha value is -4.50. The van der Waals surface area contributed by atoms with E-state index in [1.54, 1.807) is 25.3 Å². The molecule has 1 aromatic carbocycles. The zero-order valence-electron chi connectivity index (χ0n) is 20.6. The second kappa shape index (κ2) is 9.02. The van der Waals surface area contributed by atoms with Crippen LogP contribution < -0.4 is 24.8 Å². The molecule has 3 aromatic heterocycles. The number of carbonyl (C=O) groups excluding carboxylic acids is 2. The highest BCUT2D eigenvalue weighted by molar-refractivity contribution is 7.99. The van der Waals surface area contributed by atoms with Crippen LogP contribution in [0.15, 0.2) is 56.4 Å². The fourth-order valence-corrected chi connectivity index (χ4v) is 5.68. The molecule has 0 saturated heterocycles. The Morgan fingerprint density at radius 2 is 2.05 bits per heavy atom. The van der Waals surface area contributed by atoms with Gasteiger partial charge in [-0.3, -0.25) is 4.79 Å². The number of H-pyrrole nitrogens is 2. The van der Waals surface area contributed by atoms with E-state index in [1.165, 1.54) is 23.9 Å². The molecule has 4 aromatic rings. The zero-order chi connectivity index (χ0) is 27.6. The number of ether oxygens (including phenoxy) is 4. The smallest absolute Gasteiger partial charge is 0.453 e. The van der Waals surface area contributed by atoms with Gasteiger partial charge in [-0.15, -0.1) is 8.78 Å². The van der Waals surface area contributed by atoms with E-state index in [-0.39, 0.29) is 36.3 Å². The minimum atomic E-state index is -3.71. The van der Waals surface area contributed by atoms with Gasteiger partial charge in [0.05, 0.1) is 30.1 Å². The number of hydrogen-bond acceptors (Lipinski definition) is 11. The molecule has 7 rings (SSSR count). The molecular weight excluding hydrogens is 552 g/mol. The standard InChI is InChI=1S/C25H19F2N5O7S/c1-2-35-24(34)37-22-21-10(7-29-22)19(20-13(30-21)8-28-9-14(20)33)15-3-4-18(36-15)40-23-31-11-5-16-17(6-12(11)32-23)39-25(26,27)38-16/h3-7,19,28-30H,2,8-9H2,1H3,(H,31,32). The fraction of sp³-hybridized carbons (Fsp3) is 0.240. The number of anilines is 1. The van der Waals surface area contributed by atoms with Crippen molar-refractivity contribution < 1.29 is 41.7 Å². The average Bonchev–Trinajstić information content (AvgIpc) is 3.67. The number of carbonyl (C=O) groups is 2. The number of halogens is 2. The van der Waals surface area contributed by atoms with Crippen molar-refractivity contribution in [2.45, 2.75) is 29.4 Å². The van der Waals surface area contributed by atoms with Crippen molar-refractivity contribution in [1.82, 2.24) is 20.3 Å².